The molecule has 0 aliphatic rings. The molecule has 2 amide bonds. The zero-order chi connectivity index (χ0) is 21.6. The second-order valence-corrected chi connectivity index (χ2v) is 6.72. The van der Waals surface area contributed by atoms with E-state index in [0.717, 1.165) is 0 Å². The van der Waals surface area contributed by atoms with E-state index in [9.17, 15) is 19.7 Å². The molecule has 9 nitrogen and oxygen atoms in total. The maximum absolute atomic E-state index is 12.4. The third-order valence-corrected chi connectivity index (χ3v) is 4.43. The Morgan fingerprint density at radius 3 is 2.62 bits per heavy atom. The summed E-state index contributed by atoms with van der Waals surface area (Å²) in [7, 11) is 3.10. The first-order valence-corrected chi connectivity index (χ1v) is 8.98. The number of nitro benzene ring substituents is 1. The first-order chi connectivity index (χ1) is 13.7. The first-order valence-electron chi connectivity index (χ1n) is 8.60. The van der Waals surface area contributed by atoms with Crippen LogP contribution < -0.4 is 15.4 Å². The van der Waals surface area contributed by atoms with E-state index in [1.807, 2.05) is 0 Å². The van der Waals surface area contributed by atoms with E-state index in [1.165, 1.54) is 25.3 Å². The molecular formula is C19H21ClN4O5. The van der Waals surface area contributed by atoms with Gasteiger partial charge >= 0.3 is 0 Å². The van der Waals surface area contributed by atoms with Crippen LogP contribution in [0.2, 0.25) is 5.02 Å². The number of hydrogen-bond acceptors (Lipinski definition) is 6. The molecule has 0 spiro atoms. The van der Waals surface area contributed by atoms with E-state index in [1.54, 1.807) is 43.1 Å². The van der Waals surface area contributed by atoms with Crippen molar-refractivity contribution in [3.8, 4) is 5.75 Å². The van der Waals surface area contributed by atoms with Crippen LogP contribution in [0, 0.1) is 10.1 Å². The Balaban J connectivity index is 1.97. The van der Waals surface area contributed by atoms with Crippen LogP contribution in [-0.4, -0.2) is 48.4 Å². The number of hydrogen-bond donors (Lipinski definition) is 2. The van der Waals surface area contributed by atoms with Crippen LogP contribution in [0.4, 0.5) is 17.1 Å². The Labute approximate surface area is 172 Å². The third-order valence-electron chi connectivity index (χ3n) is 4.19. The third kappa shape index (κ3) is 6.16. The summed E-state index contributed by atoms with van der Waals surface area (Å²) in [5, 5.41) is 16.6. The number of amides is 2. The van der Waals surface area contributed by atoms with Crippen LogP contribution in [0.25, 0.3) is 0 Å². The minimum absolute atomic E-state index is 0.0702. The lowest BCUT2D eigenvalue weighted by molar-refractivity contribution is -0.384. The van der Waals surface area contributed by atoms with Crippen LogP contribution in [-0.2, 0) is 9.59 Å². The molecule has 0 fully saturated rings. The Morgan fingerprint density at radius 1 is 1.24 bits per heavy atom. The number of halogens is 1. The second kappa shape index (κ2) is 9.85. The molecule has 0 aromatic heterocycles. The molecular weight excluding hydrogens is 400 g/mol. The molecule has 2 N–H and O–H groups in total. The van der Waals surface area contributed by atoms with Crippen molar-refractivity contribution in [3.63, 3.8) is 0 Å². The number of non-ortho nitro benzene ring substituents is 1. The zero-order valence-corrected chi connectivity index (χ0v) is 16.9. The van der Waals surface area contributed by atoms with Crippen molar-refractivity contribution in [2.24, 2.45) is 0 Å². The highest BCUT2D eigenvalue weighted by Gasteiger charge is 2.21. The summed E-state index contributed by atoms with van der Waals surface area (Å²) in [5.74, 6) is -0.300. The SMILES string of the molecule is COc1ccc(Cl)cc1NC(=O)CN(C)C(C)C(=O)Nc1cccc([N+](=O)[O-])c1. The Morgan fingerprint density at radius 2 is 1.97 bits per heavy atom. The highest BCUT2D eigenvalue weighted by molar-refractivity contribution is 6.31. The smallest absolute Gasteiger partial charge is 0.271 e. The zero-order valence-electron chi connectivity index (χ0n) is 16.1. The molecule has 10 heteroatoms. The standard InChI is InChI=1S/C19H21ClN4O5/c1-12(19(26)21-14-5-4-6-15(10-14)24(27)28)23(2)11-18(25)22-16-9-13(20)7-8-17(16)29-3/h4-10,12H,11H2,1-3H3,(H,21,26)(H,22,25). The van der Waals surface area contributed by atoms with Gasteiger partial charge in [-0.2, -0.15) is 0 Å². The lowest BCUT2D eigenvalue weighted by Gasteiger charge is -2.23. The molecule has 0 aliphatic heterocycles. The minimum atomic E-state index is -0.665. The van der Waals surface area contributed by atoms with Crippen LogP contribution in [0.1, 0.15) is 6.92 Å². The Kier molecular flexibility index (Phi) is 7.52. The molecule has 2 aromatic carbocycles. The molecule has 154 valence electrons. The van der Waals surface area contributed by atoms with Gasteiger partial charge in [-0.25, -0.2) is 0 Å². The molecule has 29 heavy (non-hydrogen) atoms. The van der Waals surface area contributed by atoms with Gasteiger partial charge in [-0.15, -0.1) is 0 Å². The molecule has 0 radical (unpaired) electrons. The Hall–Kier alpha value is -3.17. The molecule has 0 aliphatic carbocycles. The van der Waals surface area contributed by atoms with Crippen molar-refractivity contribution in [2.75, 3.05) is 31.3 Å². The van der Waals surface area contributed by atoms with Gasteiger partial charge in [0.05, 0.1) is 30.3 Å². The average molecular weight is 421 g/mol. The van der Waals surface area contributed by atoms with Crippen LogP contribution in [0.15, 0.2) is 42.5 Å². The van der Waals surface area contributed by atoms with E-state index in [2.05, 4.69) is 10.6 Å². The summed E-state index contributed by atoms with van der Waals surface area (Å²) in [5.41, 5.74) is 0.600. The van der Waals surface area contributed by atoms with E-state index in [-0.39, 0.29) is 18.1 Å². The van der Waals surface area contributed by atoms with Crippen LogP contribution in [0.3, 0.4) is 0 Å². The van der Waals surface area contributed by atoms with Gasteiger partial charge in [0.1, 0.15) is 5.75 Å². The minimum Gasteiger partial charge on any atom is -0.495 e. The fourth-order valence-electron chi connectivity index (χ4n) is 2.48. The van der Waals surface area contributed by atoms with Gasteiger partial charge in [0.15, 0.2) is 0 Å². The number of benzene rings is 2. The molecule has 1 atom stereocenters. The molecule has 1 unspecified atom stereocenters. The average Bonchev–Trinajstić information content (AvgIpc) is 2.67. The van der Waals surface area contributed by atoms with Crippen molar-refractivity contribution < 1.29 is 19.2 Å². The van der Waals surface area contributed by atoms with E-state index >= 15 is 0 Å². The number of ether oxygens (including phenoxy) is 1. The molecule has 0 bridgehead atoms. The van der Waals surface area contributed by atoms with Crippen molar-refractivity contribution in [2.45, 2.75) is 13.0 Å². The number of likely N-dealkylation sites (N-methyl/N-ethyl adjacent to an activating group) is 1. The van der Waals surface area contributed by atoms with E-state index in [0.29, 0.717) is 22.1 Å². The maximum atomic E-state index is 12.4. The number of methoxy groups -OCH3 is 1. The Bertz CT molecular complexity index is 921. The number of nitro groups is 1. The number of anilines is 2. The van der Waals surface area contributed by atoms with Crippen molar-refractivity contribution in [1.82, 2.24) is 4.90 Å². The first kappa shape index (κ1) is 22.1. The summed E-state index contributed by atoms with van der Waals surface area (Å²) in [6.07, 6.45) is 0. The molecule has 0 heterocycles. The lowest BCUT2D eigenvalue weighted by atomic mass is 10.2. The topological polar surface area (TPSA) is 114 Å². The summed E-state index contributed by atoms with van der Waals surface area (Å²) < 4.78 is 5.19. The van der Waals surface area contributed by atoms with Crippen molar-refractivity contribution in [1.29, 1.82) is 0 Å². The molecule has 0 saturated heterocycles. The number of nitrogens with zero attached hydrogens (tertiary/aromatic N) is 2. The predicted octanol–water partition coefficient (Wildman–Crippen LogP) is 3.15. The van der Waals surface area contributed by atoms with Crippen molar-refractivity contribution >= 4 is 40.5 Å². The summed E-state index contributed by atoms with van der Waals surface area (Å²) in [6.45, 7) is 1.55. The maximum Gasteiger partial charge on any atom is 0.271 e. The highest BCUT2D eigenvalue weighted by Crippen LogP contribution is 2.27. The number of carbonyl (C=O) groups excluding carboxylic acids is 2. The number of nitrogens with one attached hydrogen (secondary N) is 2. The van der Waals surface area contributed by atoms with Gasteiger partial charge in [-0.05, 0) is 38.2 Å². The normalized spacial score (nSPS) is 11.6. The van der Waals surface area contributed by atoms with Gasteiger partial charge in [-0.3, -0.25) is 24.6 Å². The molecule has 2 rings (SSSR count). The summed E-state index contributed by atoms with van der Waals surface area (Å²) >= 11 is 5.95. The number of rotatable bonds is 8. The summed E-state index contributed by atoms with van der Waals surface area (Å²) in [4.78, 5) is 36.6. The number of carbonyl (C=O) groups is 2. The van der Waals surface area contributed by atoms with Crippen molar-refractivity contribution in [3.05, 3.63) is 57.6 Å². The van der Waals surface area contributed by atoms with Gasteiger partial charge < -0.3 is 15.4 Å². The monoisotopic (exact) mass is 420 g/mol. The predicted molar refractivity (Wildman–Crippen MR) is 110 cm³/mol. The van der Waals surface area contributed by atoms with Gasteiger partial charge in [0, 0.05) is 22.8 Å². The summed E-state index contributed by atoms with van der Waals surface area (Å²) in [6, 6.07) is 9.81. The second-order valence-electron chi connectivity index (χ2n) is 6.28. The van der Waals surface area contributed by atoms with E-state index in [4.69, 9.17) is 16.3 Å². The van der Waals surface area contributed by atoms with E-state index < -0.39 is 16.9 Å². The molecule has 0 saturated carbocycles. The van der Waals surface area contributed by atoms with Crippen LogP contribution >= 0.6 is 11.6 Å². The highest BCUT2D eigenvalue weighted by atomic mass is 35.5. The quantitative estimate of drug-likeness (QED) is 0.501. The van der Waals surface area contributed by atoms with Gasteiger partial charge in [0.2, 0.25) is 11.8 Å². The fraction of sp³-hybridized carbons (Fsp3) is 0.263. The molecule has 2 aromatic rings. The van der Waals surface area contributed by atoms with Gasteiger partial charge in [-0.1, -0.05) is 17.7 Å². The lowest BCUT2D eigenvalue weighted by Crippen LogP contribution is -2.43. The largest absolute Gasteiger partial charge is 0.495 e. The fourth-order valence-corrected chi connectivity index (χ4v) is 2.65. The van der Waals surface area contributed by atoms with Crippen LogP contribution in [0.5, 0.6) is 5.75 Å². The van der Waals surface area contributed by atoms with Gasteiger partial charge in [0.25, 0.3) is 5.69 Å².